The summed E-state index contributed by atoms with van der Waals surface area (Å²) in [6, 6.07) is 0.973. The Hall–Kier alpha value is 0.110. The number of nitrogens with zero attached hydrogens (tertiary/aromatic N) is 2. The maximum Gasteiger partial charge on any atom is 0.346 e. The Morgan fingerprint density at radius 3 is 2.00 bits per heavy atom. The fourth-order valence-corrected chi connectivity index (χ4v) is 5.16. The van der Waals surface area contributed by atoms with E-state index in [4.69, 9.17) is 4.52 Å². The highest BCUT2D eigenvalue weighted by atomic mass is 31.2. The highest BCUT2D eigenvalue weighted by molar-refractivity contribution is 7.54. The number of unbranched alkanes of at least 4 members (excludes halogenated alkanes) is 1. The van der Waals surface area contributed by atoms with E-state index >= 15 is 0 Å². The summed E-state index contributed by atoms with van der Waals surface area (Å²) in [5.41, 5.74) is 0. The van der Waals surface area contributed by atoms with Gasteiger partial charge in [-0.3, -0.25) is 4.57 Å². The van der Waals surface area contributed by atoms with Crippen LogP contribution in [0.3, 0.4) is 0 Å². The van der Waals surface area contributed by atoms with Gasteiger partial charge in [0, 0.05) is 25.2 Å². The van der Waals surface area contributed by atoms with Gasteiger partial charge in [-0.05, 0) is 19.3 Å². The molecule has 17 heavy (non-hydrogen) atoms. The van der Waals surface area contributed by atoms with Gasteiger partial charge >= 0.3 is 7.67 Å². The van der Waals surface area contributed by atoms with E-state index in [0.29, 0.717) is 18.7 Å². The maximum absolute atomic E-state index is 13.0. The first-order chi connectivity index (χ1) is 8.17. The van der Waals surface area contributed by atoms with Gasteiger partial charge < -0.3 is 4.52 Å². The van der Waals surface area contributed by atoms with Crippen LogP contribution in [0.25, 0.3) is 0 Å². The van der Waals surface area contributed by atoms with Gasteiger partial charge in [0.25, 0.3) is 0 Å². The minimum Gasteiger partial charge on any atom is -0.306 e. The van der Waals surface area contributed by atoms with Gasteiger partial charge in [0.2, 0.25) is 0 Å². The van der Waals surface area contributed by atoms with Gasteiger partial charge in [0.1, 0.15) is 0 Å². The minimum absolute atomic E-state index is 0.487. The highest BCUT2D eigenvalue weighted by Crippen LogP contribution is 2.65. The lowest BCUT2D eigenvalue weighted by molar-refractivity contribution is 0.262. The maximum atomic E-state index is 13.0. The van der Waals surface area contributed by atoms with Crippen molar-refractivity contribution in [3.63, 3.8) is 0 Å². The number of rotatable bonds is 8. The van der Waals surface area contributed by atoms with Crippen molar-refractivity contribution in [2.24, 2.45) is 0 Å². The van der Waals surface area contributed by atoms with E-state index in [0.717, 1.165) is 38.8 Å². The molecule has 0 radical (unpaired) electrons. The van der Waals surface area contributed by atoms with E-state index in [1.54, 1.807) is 0 Å². The summed E-state index contributed by atoms with van der Waals surface area (Å²) >= 11 is 0. The van der Waals surface area contributed by atoms with E-state index in [2.05, 4.69) is 30.1 Å². The topological polar surface area (TPSA) is 32.3 Å². The van der Waals surface area contributed by atoms with Crippen molar-refractivity contribution < 1.29 is 9.09 Å². The van der Waals surface area contributed by atoms with Gasteiger partial charge in [-0.1, -0.05) is 27.2 Å². The molecule has 100 valence electrons. The second-order valence-electron chi connectivity index (χ2n) is 5.05. The second kappa shape index (κ2) is 5.40. The molecular formula is C12H25N2O2P. The van der Waals surface area contributed by atoms with Crippen LogP contribution in [-0.4, -0.2) is 41.1 Å². The van der Waals surface area contributed by atoms with E-state index in [9.17, 15) is 4.57 Å². The molecule has 2 heterocycles. The Kier molecular flexibility index (Phi) is 4.30. The highest BCUT2D eigenvalue weighted by Gasteiger charge is 2.57. The Labute approximate surface area is 105 Å². The second-order valence-corrected chi connectivity index (χ2v) is 7.31. The van der Waals surface area contributed by atoms with Crippen molar-refractivity contribution in [3.8, 4) is 0 Å². The van der Waals surface area contributed by atoms with Crippen LogP contribution in [0.15, 0.2) is 0 Å². The van der Waals surface area contributed by atoms with Gasteiger partial charge in [0.05, 0.1) is 6.61 Å². The molecule has 2 rings (SSSR count). The summed E-state index contributed by atoms with van der Waals surface area (Å²) in [6.07, 6.45) is 4.24. The number of hydrogen-bond acceptors (Lipinski definition) is 2. The Morgan fingerprint density at radius 2 is 1.65 bits per heavy atom. The third-order valence-corrected chi connectivity index (χ3v) is 6.52. The minimum atomic E-state index is -2.65. The molecule has 0 amide bonds. The summed E-state index contributed by atoms with van der Waals surface area (Å²) in [5.74, 6) is 0. The predicted octanol–water partition coefficient (Wildman–Crippen LogP) is 3.10. The number of hydrogen-bond donors (Lipinski definition) is 0. The van der Waals surface area contributed by atoms with E-state index in [1.165, 1.54) is 0 Å². The zero-order valence-corrected chi connectivity index (χ0v) is 12.2. The molecule has 2 unspecified atom stereocenters. The average Bonchev–Trinajstić information content (AvgIpc) is 3.20. The summed E-state index contributed by atoms with van der Waals surface area (Å²) in [7, 11) is -2.65. The van der Waals surface area contributed by atoms with Crippen LogP contribution in [0.1, 0.15) is 46.5 Å². The normalized spacial score (nSPS) is 38.8. The van der Waals surface area contributed by atoms with Crippen LogP contribution < -0.4 is 0 Å². The van der Waals surface area contributed by atoms with E-state index in [1.807, 2.05) is 0 Å². The van der Waals surface area contributed by atoms with Gasteiger partial charge in [-0.25, -0.2) is 9.34 Å². The molecule has 0 aromatic heterocycles. The first-order valence-electron chi connectivity index (χ1n) is 6.96. The van der Waals surface area contributed by atoms with Crippen molar-refractivity contribution in [3.05, 3.63) is 0 Å². The molecule has 2 saturated heterocycles. The molecule has 0 saturated carbocycles. The van der Waals surface area contributed by atoms with E-state index < -0.39 is 7.67 Å². The van der Waals surface area contributed by atoms with Crippen molar-refractivity contribution in [1.29, 1.82) is 0 Å². The first kappa shape index (κ1) is 13.5. The summed E-state index contributed by atoms with van der Waals surface area (Å²) < 4.78 is 22.9. The lowest BCUT2D eigenvalue weighted by Gasteiger charge is -2.21. The summed E-state index contributed by atoms with van der Waals surface area (Å²) in [4.78, 5) is 0. The van der Waals surface area contributed by atoms with Crippen LogP contribution in [0.2, 0.25) is 0 Å². The van der Waals surface area contributed by atoms with Gasteiger partial charge in [-0.2, -0.15) is 0 Å². The molecule has 2 fully saturated rings. The molecule has 0 spiro atoms. The molecule has 0 N–H and O–H groups in total. The van der Waals surface area contributed by atoms with Crippen LogP contribution in [0, 0.1) is 0 Å². The molecule has 0 aliphatic carbocycles. The summed E-state index contributed by atoms with van der Waals surface area (Å²) in [5, 5.41) is 0. The predicted molar refractivity (Wildman–Crippen MR) is 70.0 cm³/mol. The van der Waals surface area contributed by atoms with Crippen LogP contribution in [-0.2, 0) is 9.09 Å². The van der Waals surface area contributed by atoms with Crippen LogP contribution in [0.4, 0.5) is 0 Å². The third kappa shape index (κ3) is 2.76. The van der Waals surface area contributed by atoms with E-state index in [-0.39, 0.29) is 0 Å². The third-order valence-electron chi connectivity index (χ3n) is 3.72. The molecule has 2 aliphatic rings. The van der Waals surface area contributed by atoms with Gasteiger partial charge in [0.15, 0.2) is 0 Å². The van der Waals surface area contributed by atoms with Crippen molar-refractivity contribution in [2.75, 3.05) is 19.7 Å². The smallest absolute Gasteiger partial charge is 0.306 e. The van der Waals surface area contributed by atoms with Crippen molar-refractivity contribution in [2.45, 2.75) is 58.5 Å². The molecule has 0 aromatic carbocycles. The SMILES string of the molecule is CCCCOP(=O)(N1C[C@@H]1CC)N1C[C@@H]1CC. The molecule has 5 heteroatoms. The van der Waals surface area contributed by atoms with Crippen molar-refractivity contribution in [1.82, 2.24) is 9.34 Å². The van der Waals surface area contributed by atoms with Crippen LogP contribution in [0.5, 0.6) is 0 Å². The molecule has 4 nitrogen and oxygen atoms in total. The zero-order chi connectivity index (χ0) is 12.5. The largest absolute Gasteiger partial charge is 0.346 e. The Balaban J connectivity index is 1.95. The monoisotopic (exact) mass is 260 g/mol. The molecular weight excluding hydrogens is 235 g/mol. The average molecular weight is 260 g/mol. The quantitative estimate of drug-likeness (QED) is 0.381. The molecule has 4 atom stereocenters. The lowest BCUT2D eigenvalue weighted by Crippen LogP contribution is -2.12. The zero-order valence-electron chi connectivity index (χ0n) is 11.3. The molecule has 0 aromatic rings. The van der Waals surface area contributed by atoms with Crippen LogP contribution >= 0.6 is 7.67 Å². The Bertz CT molecular complexity index is 289. The Morgan fingerprint density at radius 1 is 1.12 bits per heavy atom. The molecule has 0 bridgehead atoms. The van der Waals surface area contributed by atoms with Gasteiger partial charge in [-0.15, -0.1) is 0 Å². The lowest BCUT2D eigenvalue weighted by atomic mass is 10.4. The standard InChI is InChI=1S/C12H25N2O2P/c1-4-7-8-16-17(15,13-9-11(13)5-2)14-10-12(14)6-3/h11-12H,4-10H2,1-3H3/t11-,12-,13?,14?,17?/m0/s1. The molecule has 2 aliphatic heterocycles. The fraction of sp³-hybridized carbons (Fsp3) is 1.00. The van der Waals surface area contributed by atoms with Crippen molar-refractivity contribution >= 4 is 7.67 Å². The summed E-state index contributed by atoms with van der Waals surface area (Å²) in [6.45, 7) is 8.97. The first-order valence-corrected chi connectivity index (χ1v) is 8.49. The fourth-order valence-electron chi connectivity index (χ4n) is 2.26.